The molecule has 0 bridgehead atoms. The summed E-state index contributed by atoms with van der Waals surface area (Å²) in [6.45, 7) is 3.84. The van der Waals surface area contributed by atoms with Gasteiger partial charge in [0, 0.05) is 5.69 Å². The third-order valence-corrected chi connectivity index (χ3v) is 3.24. The summed E-state index contributed by atoms with van der Waals surface area (Å²) in [6.07, 6.45) is 0. The van der Waals surface area contributed by atoms with Crippen LogP contribution in [0.15, 0.2) is 42.5 Å². The second kappa shape index (κ2) is 5.74. The number of benzene rings is 2. The molecule has 0 saturated heterocycles. The first kappa shape index (κ1) is 14.1. The summed E-state index contributed by atoms with van der Waals surface area (Å²) in [6, 6.07) is 11.5. The molecule has 4 heteroatoms. The van der Waals surface area contributed by atoms with E-state index in [0.29, 0.717) is 5.69 Å². The molecular weight excluding hydrogens is 255 g/mol. The van der Waals surface area contributed by atoms with Gasteiger partial charge in [0.1, 0.15) is 5.82 Å². The van der Waals surface area contributed by atoms with Crippen molar-refractivity contribution in [3.05, 3.63) is 65.0 Å². The molecular formula is C16H17FN2O. The van der Waals surface area contributed by atoms with Crippen molar-refractivity contribution in [2.75, 3.05) is 5.73 Å². The third-order valence-electron chi connectivity index (χ3n) is 3.24. The third kappa shape index (κ3) is 2.96. The lowest BCUT2D eigenvalue weighted by atomic mass is 10.0. The Labute approximate surface area is 117 Å². The number of rotatable bonds is 3. The number of amides is 1. The first-order chi connectivity index (χ1) is 9.49. The molecule has 0 saturated carbocycles. The van der Waals surface area contributed by atoms with E-state index in [1.807, 2.05) is 38.1 Å². The molecule has 1 unspecified atom stereocenters. The van der Waals surface area contributed by atoms with Gasteiger partial charge < -0.3 is 11.1 Å². The minimum atomic E-state index is -0.575. The molecule has 1 atom stereocenters. The highest BCUT2D eigenvalue weighted by Crippen LogP contribution is 2.18. The predicted octanol–water partition coefficient (Wildman–Crippen LogP) is 3.21. The number of anilines is 1. The summed E-state index contributed by atoms with van der Waals surface area (Å²) in [7, 11) is 0. The highest BCUT2D eigenvalue weighted by Gasteiger charge is 2.16. The Bertz CT molecular complexity index is 640. The minimum Gasteiger partial charge on any atom is -0.399 e. The zero-order valence-corrected chi connectivity index (χ0v) is 11.5. The van der Waals surface area contributed by atoms with Gasteiger partial charge in [0.05, 0.1) is 11.6 Å². The number of nitrogen functional groups attached to an aromatic ring is 1. The van der Waals surface area contributed by atoms with Gasteiger partial charge in [0.15, 0.2) is 0 Å². The molecule has 1 amide bonds. The smallest absolute Gasteiger partial charge is 0.254 e. The van der Waals surface area contributed by atoms with E-state index in [1.54, 1.807) is 0 Å². The van der Waals surface area contributed by atoms with E-state index in [1.165, 1.54) is 18.2 Å². The molecule has 3 N–H and O–H groups in total. The van der Waals surface area contributed by atoms with Crippen LogP contribution in [0.5, 0.6) is 0 Å². The fourth-order valence-corrected chi connectivity index (χ4v) is 2.14. The zero-order valence-electron chi connectivity index (χ0n) is 11.5. The van der Waals surface area contributed by atoms with Crippen LogP contribution in [-0.4, -0.2) is 5.91 Å². The molecule has 3 nitrogen and oxygen atoms in total. The Kier molecular flexibility index (Phi) is 4.03. The van der Waals surface area contributed by atoms with E-state index < -0.39 is 11.7 Å². The van der Waals surface area contributed by atoms with Gasteiger partial charge in [-0.15, -0.1) is 0 Å². The van der Waals surface area contributed by atoms with E-state index >= 15 is 0 Å². The summed E-state index contributed by atoms with van der Waals surface area (Å²) in [5.41, 5.74) is 7.99. The fourth-order valence-electron chi connectivity index (χ4n) is 2.14. The maximum absolute atomic E-state index is 13.6. The lowest BCUT2D eigenvalue weighted by molar-refractivity contribution is 0.0936. The molecule has 2 aromatic rings. The van der Waals surface area contributed by atoms with Crippen molar-refractivity contribution in [2.24, 2.45) is 0 Å². The van der Waals surface area contributed by atoms with Crippen LogP contribution in [0.4, 0.5) is 10.1 Å². The van der Waals surface area contributed by atoms with Gasteiger partial charge in [-0.05, 0) is 43.2 Å². The van der Waals surface area contributed by atoms with E-state index in [-0.39, 0.29) is 11.6 Å². The summed E-state index contributed by atoms with van der Waals surface area (Å²) in [5.74, 6) is -1.04. The normalized spacial score (nSPS) is 11.9. The molecule has 0 radical (unpaired) electrons. The van der Waals surface area contributed by atoms with Crippen LogP contribution in [-0.2, 0) is 0 Å². The highest BCUT2D eigenvalue weighted by molar-refractivity contribution is 5.95. The van der Waals surface area contributed by atoms with Gasteiger partial charge in [-0.3, -0.25) is 4.79 Å². The number of nitrogens with one attached hydrogen (secondary N) is 1. The average Bonchev–Trinajstić information content (AvgIpc) is 2.41. The van der Waals surface area contributed by atoms with Gasteiger partial charge in [-0.25, -0.2) is 4.39 Å². The molecule has 20 heavy (non-hydrogen) atoms. The predicted molar refractivity (Wildman–Crippen MR) is 77.9 cm³/mol. The summed E-state index contributed by atoms with van der Waals surface area (Å²) >= 11 is 0. The Morgan fingerprint density at radius 3 is 2.65 bits per heavy atom. The standard InChI is InChI=1S/C16H17FN2O/c1-10-5-3-4-6-13(10)11(2)19-16(20)14-9-12(18)7-8-15(14)17/h3-9,11H,18H2,1-2H3,(H,19,20). The summed E-state index contributed by atoms with van der Waals surface area (Å²) in [4.78, 5) is 12.1. The highest BCUT2D eigenvalue weighted by atomic mass is 19.1. The lowest BCUT2D eigenvalue weighted by Crippen LogP contribution is -2.28. The number of carbonyl (C=O) groups excluding carboxylic acids is 1. The monoisotopic (exact) mass is 272 g/mol. The van der Waals surface area contributed by atoms with Crippen molar-refractivity contribution in [1.82, 2.24) is 5.32 Å². The first-order valence-corrected chi connectivity index (χ1v) is 6.40. The average molecular weight is 272 g/mol. The second-order valence-corrected chi connectivity index (χ2v) is 4.79. The molecule has 0 aromatic heterocycles. The van der Waals surface area contributed by atoms with E-state index in [0.717, 1.165) is 11.1 Å². The maximum atomic E-state index is 13.6. The van der Waals surface area contributed by atoms with Crippen molar-refractivity contribution in [2.45, 2.75) is 19.9 Å². The number of hydrogen-bond acceptors (Lipinski definition) is 2. The molecule has 0 aliphatic heterocycles. The molecule has 0 heterocycles. The largest absolute Gasteiger partial charge is 0.399 e. The summed E-state index contributed by atoms with van der Waals surface area (Å²) in [5, 5.41) is 2.79. The van der Waals surface area contributed by atoms with Crippen molar-refractivity contribution < 1.29 is 9.18 Å². The zero-order chi connectivity index (χ0) is 14.7. The van der Waals surface area contributed by atoms with Crippen LogP contribution < -0.4 is 11.1 Å². The molecule has 0 fully saturated rings. The second-order valence-electron chi connectivity index (χ2n) is 4.79. The quantitative estimate of drug-likeness (QED) is 0.843. The number of carbonyl (C=O) groups is 1. The SMILES string of the molecule is Cc1ccccc1C(C)NC(=O)c1cc(N)ccc1F. The molecule has 0 aliphatic rings. The number of nitrogens with two attached hydrogens (primary N) is 1. The van der Waals surface area contributed by atoms with Crippen LogP contribution in [0, 0.1) is 12.7 Å². The Balaban J connectivity index is 2.20. The Hall–Kier alpha value is -2.36. The van der Waals surface area contributed by atoms with Crippen molar-refractivity contribution in [3.63, 3.8) is 0 Å². The van der Waals surface area contributed by atoms with Gasteiger partial charge in [-0.1, -0.05) is 24.3 Å². The lowest BCUT2D eigenvalue weighted by Gasteiger charge is -2.17. The van der Waals surface area contributed by atoms with E-state index in [2.05, 4.69) is 5.32 Å². The molecule has 0 spiro atoms. The number of aryl methyl sites for hydroxylation is 1. The molecule has 2 rings (SSSR count). The summed E-state index contributed by atoms with van der Waals surface area (Å²) < 4.78 is 13.6. The maximum Gasteiger partial charge on any atom is 0.254 e. The molecule has 104 valence electrons. The number of halogens is 1. The van der Waals surface area contributed by atoms with E-state index in [9.17, 15) is 9.18 Å². The molecule has 0 aliphatic carbocycles. The van der Waals surface area contributed by atoms with Crippen LogP contribution in [0.25, 0.3) is 0 Å². The Morgan fingerprint density at radius 2 is 1.95 bits per heavy atom. The van der Waals surface area contributed by atoms with Crippen LogP contribution in [0.3, 0.4) is 0 Å². The van der Waals surface area contributed by atoms with Gasteiger partial charge in [0.2, 0.25) is 0 Å². The van der Waals surface area contributed by atoms with Crippen molar-refractivity contribution >= 4 is 11.6 Å². The van der Waals surface area contributed by atoms with Crippen LogP contribution >= 0.6 is 0 Å². The topological polar surface area (TPSA) is 55.1 Å². The van der Waals surface area contributed by atoms with Crippen LogP contribution in [0.2, 0.25) is 0 Å². The fraction of sp³-hybridized carbons (Fsp3) is 0.188. The van der Waals surface area contributed by atoms with Crippen molar-refractivity contribution in [1.29, 1.82) is 0 Å². The van der Waals surface area contributed by atoms with Crippen molar-refractivity contribution in [3.8, 4) is 0 Å². The van der Waals surface area contributed by atoms with E-state index in [4.69, 9.17) is 5.73 Å². The number of hydrogen-bond donors (Lipinski definition) is 2. The molecule has 2 aromatic carbocycles. The van der Waals surface area contributed by atoms with Gasteiger partial charge in [0.25, 0.3) is 5.91 Å². The van der Waals surface area contributed by atoms with Gasteiger partial charge >= 0.3 is 0 Å². The Morgan fingerprint density at radius 1 is 1.25 bits per heavy atom. The minimum absolute atomic E-state index is 0.0366. The van der Waals surface area contributed by atoms with Crippen LogP contribution in [0.1, 0.15) is 34.5 Å². The first-order valence-electron chi connectivity index (χ1n) is 6.40. The van der Waals surface area contributed by atoms with Gasteiger partial charge in [-0.2, -0.15) is 0 Å².